The van der Waals surface area contributed by atoms with Crippen LogP contribution in [0.25, 0.3) is 0 Å². The Hall–Kier alpha value is -1.55. The van der Waals surface area contributed by atoms with Gasteiger partial charge in [0.25, 0.3) is 0 Å². The largest absolute Gasteiger partial charge is 0.363 e. The lowest BCUT2D eigenvalue weighted by atomic mass is 10.1. The van der Waals surface area contributed by atoms with Crippen molar-refractivity contribution in [3.63, 3.8) is 0 Å². The molecule has 4 nitrogen and oxygen atoms in total. The van der Waals surface area contributed by atoms with Gasteiger partial charge >= 0.3 is 0 Å². The summed E-state index contributed by atoms with van der Waals surface area (Å²) in [4.78, 5) is 14.0. The highest BCUT2D eigenvalue weighted by molar-refractivity contribution is 5.81. The fourth-order valence-electron chi connectivity index (χ4n) is 1.96. The van der Waals surface area contributed by atoms with E-state index in [1.807, 2.05) is 24.3 Å². The zero-order valence-electron chi connectivity index (χ0n) is 12.9. The Morgan fingerprint density at radius 1 is 1.30 bits per heavy atom. The second-order valence-corrected chi connectivity index (χ2v) is 5.42. The van der Waals surface area contributed by atoms with Gasteiger partial charge in [-0.2, -0.15) is 0 Å². The fourth-order valence-corrected chi connectivity index (χ4v) is 1.96. The third-order valence-corrected chi connectivity index (χ3v) is 3.30. The average molecular weight is 277 g/mol. The van der Waals surface area contributed by atoms with Gasteiger partial charge in [0.15, 0.2) is 0 Å². The van der Waals surface area contributed by atoms with Crippen molar-refractivity contribution >= 4 is 11.6 Å². The van der Waals surface area contributed by atoms with Gasteiger partial charge in [0, 0.05) is 25.3 Å². The number of nitrogens with zero attached hydrogens (tertiary/aromatic N) is 1. The predicted molar refractivity (Wildman–Crippen MR) is 84.7 cm³/mol. The standard InChI is InChI=1S/C16H27N3O/c1-4-19(12-16(20)18-10-9-13(2)3)15-7-5-14(11-17)6-8-15/h5-8,13H,4,9-12,17H2,1-3H3,(H,18,20). The van der Waals surface area contributed by atoms with Crippen LogP contribution < -0.4 is 16.0 Å². The third-order valence-electron chi connectivity index (χ3n) is 3.30. The molecule has 3 N–H and O–H groups in total. The SMILES string of the molecule is CCN(CC(=O)NCCC(C)C)c1ccc(CN)cc1. The monoisotopic (exact) mass is 277 g/mol. The van der Waals surface area contributed by atoms with Crippen molar-refractivity contribution in [2.45, 2.75) is 33.7 Å². The molecule has 0 spiro atoms. The van der Waals surface area contributed by atoms with Crippen LogP contribution in [0.5, 0.6) is 0 Å². The number of nitrogens with two attached hydrogens (primary N) is 1. The van der Waals surface area contributed by atoms with Crippen molar-refractivity contribution in [2.75, 3.05) is 24.5 Å². The van der Waals surface area contributed by atoms with Crippen LogP contribution in [0.2, 0.25) is 0 Å². The van der Waals surface area contributed by atoms with Crippen molar-refractivity contribution in [1.29, 1.82) is 0 Å². The molecule has 0 aliphatic rings. The summed E-state index contributed by atoms with van der Waals surface area (Å²) >= 11 is 0. The number of hydrogen-bond acceptors (Lipinski definition) is 3. The molecule has 0 atom stereocenters. The Morgan fingerprint density at radius 2 is 1.95 bits per heavy atom. The van der Waals surface area contributed by atoms with E-state index in [0.717, 1.165) is 30.8 Å². The Bertz CT molecular complexity index is 401. The lowest BCUT2D eigenvalue weighted by molar-refractivity contribution is -0.119. The molecule has 1 amide bonds. The maximum absolute atomic E-state index is 11.9. The zero-order chi connectivity index (χ0) is 15.0. The summed E-state index contributed by atoms with van der Waals surface area (Å²) in [7, 11) is 0. The van der Waals surface area contributed by atoms with Crippen LogP contribution in [0.1, 0.15) is 32.8 Å². The highest BCUT2D eigenvalue weighted by Gasteiger charge is 2.09. The van der Waals surface area contributed by atoms with Gasteiger partial charge < -0.3 is 16.0 Å². The third kappa shape index (κ3) is 5.61. The summed E-state index contributed by atoms with van der Waals surface area (Å²) in [5.41, 5.74) is 7.75. The van der Waals surface area contributed by atoms with Crippen LogP contribution in [0.3, 0.4) is 0 Å². The minimum Gasteiger partial charge on any atom is -0.363 e. The summed E-state index contributed by atoms with van der Waals surface area (Å²) < 4.78 is 0. The Morgan fingerprint density at radius 3 is 2.45 bits per heavy atom. The van der Waals surface area contributed by atoms with Gasteiger partial charge in [-0.25, -0.2) is 0 Å². The number of likely N-dealkylation sites (N-methyl/N-ethyl adjacent to an activating group) is 1. The lowest BCUT2D eigenvalue weighted by Gasteiger charge is -2.22. The van der Waals surface area contributed by atoms with Gasteiger partial charge in [0.05, 0.1) is 6.54 Å². The highest BCUT2D eigenvalue weighted by Crippen LogP contribution is 2.14. The molecular formula is C16H27N3O. The summed E-state index contributed by atoms with van der Waals surface area (Å²) in [6.45, 7) is 8.86. The summed E-state index contributed by atoms with van der Waals surface area (Å²) in [5.74, 6) is 0.691. The van der Waals surface area contributed by atoms with Crippen LogP contribution in [0, 0.1) is 5.92 Å². The van der Waals surface area contributed by atoms with E-state index in [0.29, 0.717) is 19.0 Å². The van der Waals surface area contributed by atoms with Gasteiger partial charge in [-0.15, -0.1) is 0 Å². The van der Waals surface area contributed by atoms with Gasteiger partial charge in [-0.05, 0) is 37.0 Å². The molecule has 1 rings (SSSR count). The van der Waals surface area contributed by atoms with Crippen LogP contribution in [0.15, 0.2) is 24.3 Å². The van der Waals surface area contributed by atoms with E-state index in [9.17, 15) is 4.79 Å². The van der Waals surface area contributed by atoms with Crippen LogP contribution >= 0.6 is 0 Å². The van der Waals surface area contributed by atoms with Gasteiger partial charge in [0.2, 0.25) is 5.91 Å². The zero-order valence-corrected chi connectivity index (χ0v) is 12.9. The topological polar surface area (TPSA) is 58.4 Å². The van der Waals surface area contributed by atoms with Crippen LogP contribution in [0.4, 0.5) is 5.69 Å². The van der Waals surface area contributed by atoms with Crippen LogP contribution in [-0.4, -0.2) is 25.5 Å². The van der Waals surface area contributed by atoms with Crippen molar-refractivity contribution in [3.05, 3.63) is 29.8 Å². The number of carbonyl (C=O) groups is 1. The van der Waals surface area contributed by atoms with Gasteiger partial charge in [0.1, 0.15) is 0 Å². The van der Waals surface area contributed by atoms with Crippen molar-refractivity contribution in [1.82, 2.24) is 5.32 Å². The molecule has 0 heterocycles. The average Bonchev–Trinajstić information content (AvgIpc) is 2.44. The first-order chi connectivity index (χ1) is 9.56. The quantitative estimate of drug-likeness (QED) is 0.765. The molecule has 1 aromatic rings. The molecule has 0 saturated carbocycles. The number of hydrogen-bond donors (Lipinski definition) is 2. The molecule has 20 heavy (non-hydrogen) atoms. The Kier molecular flexibility index (Phi) is 7.09. The normalized spacial score (nSPS) is 10.7. The predicted octanol–water partition coefficient (Wildman–Crippen LogP) is 2.13. The lowest BCUT2D eigenvalue weighted by Crippen LogP contribution is -2.37. The highest BCUT2D eigenvalue weighted by atomic mass is 16.2. The minimum absolute atomic E-state index is 0.0791. The van der Waals surface area contributed by atoms with E-state index in [4.69, 9.17) is 5.73 Å². The van der Waals surface area contributed by atoms with Crippen molar-refractivity contribution in [3.8, 4) is 0 Å². The van der Waals surface area contributed by atoms with E-state index in [-0.39, 0.29) is 5.91 Å². The van der Waals surface area contributed by atoms with Gasteiger partial charge in [-0.3, -0.25) is 4.79 Å². The molecule has 0 fully saturated rings. The summed E-state index contributed by atoms with van der Waals surface area (Å²) in [5, 5.41) is 2.97. The number of nitrogens with one attached hydrogen (secondary N) is 1. The number of carbonyl (C=O) groups excluding carboxylic acids is 1. The molecule has 0 bridgehead atoms. The number of amides is 1. The molecule has 4 heteroatoms. The fraction of sp³-hybridized carbons (Fsp3) is 0.562. The Labute approximate surface area is 122 Å². The first kappa shape index (κ1) is 16.5. The summed E-state index contributed by atoms with van der Waals surface area (Å²) in [6.07, 6.45) is 1.02. The second kappa shape index (κ2) is 8.59. The molecule has 0 unspecified atom stereocenters. The van der Waals surface area contributed by atoms with E-state index in [2.05, 4.69) is 31.0 Å². The second-order valence-electron chi connectivity index (χ2n) is 5.42. The smallest absolute Gasteiger partial charge is 0.239 e. The maximum Gasteiger partial charge on any atom is 0.239 e. The molecule has 0 saturated heterocycles. The molecule has 0 aromatic heterocycles. The van der Waals surface area contributed by atoms with E-state index >= 15 is 0 Å². The molecule has 0 aliphatic carbocycles. The summed E-state index contributed by atoms with van der Waals surface area (Å²) in [6, 6.07) is 8.06. The van der Waals surface area contributed by atoms with Crippen molar-refractivity contribution in [2.24, 2.45) is 11.7 Å². The van der Waals surface area contributed by atoms with E-state index < -0.39 is 0 Å². The number of benzene rings is 1. The molecule has 0 radical (unpaired) electrons. The molecule has 1 aromatic carbocycles. The molecular weight excluding hydrogens is 250 g/mol. The van der Waals surface area contributed by atoms with Gasteiger partial charge in [-0.1, -0.05) is 26.0 Å². The maximum atomic E-state index is 11.9. The van der Waals surface area contributed by atoms with E-state index in [1.54, 1.807) is 0 Å². The number of rotatable bonds is 8. The minimum atomic E-state index is 0.0791. The first-order valence-corrected chi connectivity index (χ1v) is 7.37. The molecule has 112 valence electrons. The first-order valence-electron chi connectivity index (χ1n) is 7.37. The van der Waals surface area contributed by atoms with E-state index in [1.165, 1.54) is 0 Å². The Balaban J connectivity index is 2.50. The number of anilines is 1. The van der Waals surface area contributed by atoms with Crippen molar-refractivity contribution < 1.29 is 4.79 Å². The molecule has 0 aliphatic heterocycles. The van der Waals surface area contributed by atoms with Crippen LogP contribution in [-0.2, 0) is 11.3 Å².